The summed E-state index contributed by atoms with van der Waals surface area (Å²) in [5.41, 5.74) is 5.26. The number of nitrogens with zero attached hydrogens (tertiary/aromatic N) is 2. The lowest BCUT2D eigenvalue weighted by Gasteiger charge is -2.18. The standard InChI is InChI=1S/C23H19N3O2/c27-20-12-16-8-4-5-9-18(16)22(20)25-23(28)17-10-11-21-24-19(14-26(21)13-17)15-6-2-1-3-7-15/h1-11,13-14,20,22,27H,12H2,(H,25,28)/t20-,22+/m0/s1. The summed E-state index contributed by atoms with van der Waals surface area (Å²) in [6.07, 6.45) is 3.64. The molecule has 28 heavy (non-hydrogen) atoms. The normalized spacial score (nSPS) is 18.2. The summed E-state index contributed by atoms with van der Waals surface area (Å²) in [4.78, 5) is 17.4. The van der Waals surface area contributed by atoms with E-state index in [-0.39, 0.29) is 11.9 Å². The first-order chi connectivity index (χ1) is 13.7. The fourth-order valence-corrected chi connectivity index (χ4v) is 3.85. The molecule has 5 heteroatoms. The molecule has 0 aliphatic heterocycles. The zero-order valence-electron chi connectivity index (χ0n) is 15.1. The smallest absolute Gasteiger partial charge is 0.253 e. The molecule has 0 saturated heterocycles. The van der Waals surface area contributed by atoms with Gasteiger partial charge in [0.2, 0.25) is 0 Å². The van der Waals surface area contributed by atoms with Crippen LogP contribution in [0.2, 0.25) is 0 Å². The van der Waals surface area contributed by atoms with Gasteiger partial charge in [-0.1, -0.05) is 54.6 Å². The van der Waals surface area contributed by atoms with Crippen molar-refractivity contribution in [3.63, 3.8) is 0 Å². The molecule has 4 aromatic rings. The zero-order chi connectivity index (χ0) is 19.1. The Hall–Kier alpha value is -3.44. The molecule has 0 spiro atoms. The quantitative estimate of drug-likeness (QED) is 0.582. The van der Waals surface area contributed by atoms with Crippen LogP contribution >= 0.6 is 0 Å². The average Bonchev–Trinajstić information content (AvgIpc) is 3.29. The predicted octanol–water partition coefficient (Wildman–Crippen LogP) is 3.39. The number of hydrogen-bond donors (Lipinski definition) is 2. The summed E-state index contributed by atoms with van der Waals surface area (Å²) in [7, 11) is 0. The Labute approximate surface area is 162 Å². The minimum absolute atomic E-state index is 0.211. The Bertz CT molecular complexity index is 1170. The van der Waals surface area contributed by atoms with Crippen molar-refractivity contribution in [2.24, 2.45) is 0 Å². The molecule has 0 radical (unpaired) electrons. The Morgan fingerprint density at radius 2 is 1.79 bits per heavy atom. The van der Waals surface area contributed by atoms with Crippen molar-refractivity contribution in [3.05, 3.63) is 95.8 Å². The van der Waals surface area contributed by atoms with Gasteiger partial charge in [0, 0.05) is 24.4 Å². The monoisotopic (exact) mass is 369 g/mol. The lowest BCUT2D eigenvalue weighted by Crippen LogP contribution is -2.33. The van der Waals surface area contributed by atoms with Gasteiger partial charge in [-0.3, -0.25) is 4.79 Å². The first-order valence-corrected chi connectivity index (χ1v) is 9.30. The predicted molar refractivity (Wildman–Crippen MR) is 107 cm³/mol. The molecular formula is C23H19N3O2. The van der Waals surface area contributed by atoms with Gasteiger partial charge < -0.3 is 14.8 Å². The van der Waals surface area contributed by atoms with Crippen LogP contribution in [-0.2, 0) is 6.42 Å². The zero-order valence-corrected chi connectivity index (χ0v) is 15.1. The molecular weight excluding hydrogens is 350 g/mol. The third-order valence-electron chi connectivity index (χ3n) is 5.27. The number of aliphatic hydroxyl groups excluding tert-OH is 1. The van der Waals surface area contributed by atoms with E-state index < -0.39 is 6.10 Å². The van der Waals surface area contributed by atoms with Crippen molar-refractivity contribution in [2.75, 3.05) is 0 Å². The molecule has 2 aromatic heterocycles. The molecule has 0 bridgehead atoms. The van der Waals surface area contributed by atoms with Gasteiger partial charge in [-0.05, 0) is 23.3 Å². The van der Waals surface area contributed by atoms with E-state index in [2.05, 4.69) is 10.3 Å². The van der Waals surface area contributed by atoms with Crippen LogP contribution in [-0.4, -0.2) is 26.5 Å². The van der Waals surface area contributed by atoms with Gasteiger partial charge in [0.15, 0.2) is 0 Å². The van der Waals surface area contributed by atoms with E-state index in [1.165, 1.54) is 0 Å². The Kier molecular flexibility index (Phi) is 3.95. The number of hydrogen-bond acceptors (Lipinski definition) is 3. The van der Waals surface area contributed by atoms with Gasteiger partial charge in [0.05, 0.1) is 23.4 Å². The Morgan fingerprint density at radius 1 is 1.00 bits per heavy atom. The molecule has 2 atom stereocenters. The van der Waals surface area contributed by atoms with E-state index in [1.807, 2.05) is 71.3 Å². The van der Waals surface area contributed by atoms with Crippen LogP contribution in [0, 0.1) is 0 Å². The van der Waals surface area contributed by atoms with Crippen LogP contribution in [0.25, 0.3) is 16.9 Å². The summed E-state index contributed by atoms with van der Waals surface area (Å²) in [5, 5.41) is 13.4. The number of rotatable bonds is 3. The maximum absolute atomic E-state index is 12.8. The van der Waals surface area contributed by atoms with E-state index in [0.717, 1.165) is 28.0 Å². The van der Waals surface area contributed by atoms with Gasteiger partial charge in [0.1, 0.15) is 5.65 Å². The maximum atomic E-state index is 12.8. The second-order valence-electron chi connectivity index (χ2n) is 7.10. The molecule has 1 aliphatic rings. The van der Waals surface area contributed by atoms with Gasteiger partial charge in [0.25, 0.3) is 5.91 Å². The summed E-state index contributed by atoms with van der Waals surface area (Å²) < 4.78 is 1.86. The second-order valence-corrected chi connectivity index (χ2v) is 7.10. The molecule has 2 heterocycles. The van der Waals surface area contributed by atoms with Crippen LogP contribution in [0.4, 0.5) is 0 Å². The van der Waals surface area contributed by atoms with Gasteiger partial charge in [-0.15, -0.1) is 0 Å². The summed E-state index contributed by atoms with van der Waals surface area (Å²) >= 11 is 0. The number of aromatic nitrogens is 2. The number of aliphatic hydroxyl groups is 1. The van der Waals surface area contributed by atoms with E-state index in [1.54, 1.807) is 12.3 Å². The number of carbonyl (C=O) groups excluding carboxylic acids is 1. The van der Waals surface area contributed by atoms with Crippen molar-refractivity contribution in [3.8, 4) is 11.3 Å². The molecule has 138 valence electrons. The molecule has 1 amide bonds. The number of fused-ring (bicyclic) bond motifs is 2. The molecule has 2 aromatic carbocycles. The third kappa shape index (κ3) is 2.86. The minimum atomic E-state index is -0.608. The number of imidazole rings is 1. The van der Waals surface area contributed by atoms with Crippen LogP contribution < -0.4 is 5.32 Å². The number of nitrogens with one attached hydrogen (secondary N) is 1. The SMILES string of the molecule is O=C(N[C@@H]1c2ccccc2C[C@@H]1O)c1ccc2nc(-c3ccccc3)cn2c1. The molecule has 1 aliphatic carbocycles. The van der Waals surface area contributed by atoms with Crippen molar-refractivity contribution >= 4 is 11.6 Å². The number of benzene rings is 2. The highest BCUT2D eigenvalue weighted by molar-refractivity contribution is 5.94. The first kappa shape index (κ1) is 16.7. The fourth-order valence-electron chi connectivity index (χ4n) is 3.85. The molecule has 0 unspecified atom stereocenters. The number of amides is 1. The van der Waals surface area contributed by atoms with Crippen LogP contribution in [0.1, 0.15) is 27.5 Å². The van der Waals surface area contributed by atoms with Crippen molar-refractivity contribution in [1.82, 2.24) is 14.7 Å². The summed E-state index contributed by atoms with van der Waals surface area (Å²) in [6.45, 7) is 0. The molecule has 5 nitrogen and oxygen atoms in total. The van der Waals surface area contributed by atoms with E-state index >= 15 is 0 Å². The van der Waals surface area contributed by atoms with Crippen molar-refractivity contribution < 1.29 is 9.90 Å². The van der Waals surface area contributed by atoms with Gasteiger partial charge >= 0.3 is 0 Å². The highest BCUT2D eigenvalue weighted by Crippen LogP contribution is 2.31. The van der Waals surface area contributed by atoms with E-state index in [9.17, 15) is 9.90 Å². The number of pyridine rings is 1. The van der Waals surface area contributed by atoms with Crippen LogP contribution in [0.3, 0.4) is 0 Å². The topological polar surface area (TPSA) is 66.6 Å². The Morgan fingerprint density at radius 3 is 2.64 bits per heavy atom. The van der Waals surface area contributed by atoms with E-state index in [0.29, 0.717) is 12.0 Å². The van der Waals surface area contributed by atoms with Crippen molar-refractivity contribution in [2.45, 2.75) is 18.6 Å². The molecule has 0 fully saturated rings. The molecule has 5 rings (SSSR count). The van der Waals surface area contributed by atoms with E-state index in [4.69, 9.17) is 0 Å². The lowest BCUT2D eigenvalue weighted by molar-refractivity contribution is 0.0858. The first-order valence-electron chi connectivity index (χ1n) is 9.30. The highest BCUT2D eigenvalue weighted by Gasteiger charge is 2.32. The molecule has 0 saturated carbocycles. The number of carbonyl (C=O) groups is 1. The van der Waals surface area contributed by atoms with Crippen LogP contribution in [0.15, 0.2) is 79.1 Å². The van der Waals surface area contributed by atoms with Crippen LogP contribution in [0.5, 0.6) is 0 Å². The fraction of sp³-hybridized carbons (Fsp3) is 0.130. The maximum Gasteiger partial charge on any atom is 0.253 e. The lowest BCUT2D eigenvalue weighted by atomic mass is 10.1. The molecule has 2 N–H and O–H groups in total. The largest absolute Gasteiger partial charge is 0.390 e. The van der Waals surface area contributed by atoms with Crippen molar-refractivity contribution in [1.29, 1.82) is 0 Å². The summed E-state index contributed by atoms with van der Waals surface area (Å²) in [6, 6.07) is 21.0. The van der Waals surface area contributed by atoms with Gasteiger partial charge in [-0.2, -0.15) is 0 Å². The summed E-state index contributed by atoms with van der Waals surface area (Å²) in [5.74, 6) is -0.211. The average molecular weight is 369 g/mol. The second kappa shape index (κ2) is 6.62. The third-order valence-corrected chi connectivity index (χ3v) is 5.27. The van der Waals surface area contributed by atoms with Gasteiger partial charge in [-0.25, -0.2) is 4.98 Å². The minimum Gasteiger partial charge on any atom is -0.390 e. The Balaban J connectivity index is 1.42. The highest BCUT2D eigenvalue weighted by atomic mass is 16.3.